The minimum atomic E-state index is -1.24. The number of benzene rings is 2. The molecule has 0 aliphatic rings. The Balaban J connectivity index is 2.43. The highest BCUT2D eigenvalue weighted by atomic mass is 16.6. The lowest BCUT2D eigenvalue weighted by Gasteiger charge is -2.30. The van der Waals surface area contributed by atoms with Crippen LogP contribution >= 0.6 is 0 Å². The summed E-state index contributed by atoms with van der Waals surface area (Å²) in [5.74, 6) is 1.31. The molecule has 34 heavy (non-hydrogen) atoms. The third kappa shape index (κ3) is 6.63. The number of carbonyl (C=O) groups is 3. The molecule has 0 aliphatic carbocycles. The van der Waals surface area contributed by atoms with Crippen LogP contribution in [-0.4, -0.2) is 34.5 Å². The number of terminal acetylenes is 2. The zero-order valence-electron chi connectivity index (χ0n) is 20.0. The number of carbonyl (C=O) groups excluding carboxylic acids is 3. The Bertz CT molecular complexity index is 1150. The highest BCUT2D eigenvalue weighted by Gasteiger charge is 2.35. The van der Waals surface area contributed by atoms with Gasteiger partial charge in [-0.15, -0.1) is 6.42 Å². The van der Waals surface area contributed by atoms with Crippen molar-refractivity contribution in [1.29, 1.82) is 0 Å². The van der Waals surface area contributed by atoms with Gasteiger partial charge in [0.15, 0.2) is 6.04 Å². The third-order valence-electron chi connectivity index (χ3n) is 4.80. The summed E-state index contributed by atoms with van der Waals surface area (Å²) in [5.41, 5.74) is 1.44. The molecule has 2 unspecified atom stereocenters. The topological polar surface area (TPSA) is 87.7 Å². The molecule has 176 valence electrons. The van der Waals surface area contributed by atoms with Crippen LogP contribution in [0.4, 0.5) is 10.5 Å². The minimum absolute atomic E-state index is 0.381. The van der Waals surface area contributed by atoms with Gasteiger partial charge in [-0.05, 0) is 52.3 Å². The molecule has 3 amide bonds. The van der Waals surface area contributed by atoms with Gasteiger partial charge in [0, 0.05) is 22.9 Å². The van der Waals surface area contributed by atoms with Crippen LogP contribution in [0.3, 0.4) is 0 Å². The van der Waals surface area contributed by atoms with Crippen LogP contribution in [0.1, 0.15) is 50.4 Å². The number of hydrogen-bond acceptors (Lipinski definition) is 4. The van der Waals surface area contributed by atoms with Crippen molar-refractivity contribution in [3.05, 3.63) is 65.2 Å². The zero-order chi connectivity index (χ0) is 25.5. The largest absolute Gasteiger partial charge is 0.444 e. The second kappa shape index (κ2) is 11.1. The van der Waals surface area contributed by atoms with Crippen LogP contribution in [0.5, 0.6) is 0 Å². The van der Waals surface area contributed by atoms with E-state index in [9.17, 15) is 14.4 Å². The molecule has 7 nitrogen and oxygen atoms in total. The molecule has 0 bridgehead atoms. The average molecular weight is 460 g/mol. The van der Waals surface area contributed by atoms with Gasteiger partial charge in [-0.3, -0.25) is 14.5 Å². The van der Waals surface area contributed by atoms with Gasteiger partial charge >= 0.3 is 6.09 Å². The standard InChI is InChI=1S/C27H29N3O4/c1-8-20-15-11-12-16-21(20)23(24(31)29-22-17-13-10-14-18(22)3)30(9-2)25(32)19(4)28-26(33)34-27(5,6)7/h1-2,10-17,19,23H,3-7H3,(H,28,33)(H,29,31). The molecule has 2 aromatic carbocycles. The van der Waals surface area contributed by atoms with Crippen LogP contribution < -0.4 is 10.6 Å². The number of ether oxygens (including phenoxy) is 1. The smallest absolute Gasteiger partial charge is 0.408 e. The molecule has 0 radical (unpaired) electrons. The Morgan fingerprint density at radius 1 is 1.03 bits per heavy atom. The van der Waals surface area contributed by atoms with Gasteiger partial charge in [0.1, 0.15) is 11.6 Å². The van der Waals surface area contributed by atoms with E-state index in [1.165, 1.54) is 6.92 Å². The van der Waals surface area contributed by atoms with Crippen molar-refractivity contribution in [3.8, 4) is 24.8 Å². The first kappa shape index (κ1) is 26.0. The van der Waals surface area contributed by atoms with Crippen molar-refractivity contribution >= 4 is 23.6 Å². The summed E-state index contributed by atoms with van der Waals surface area (Å²) in [6.45, 7) is 8.41. The maximum absolute atomic E-state index is 13.5. The van der Waals surface area contributed by atoms with E-state index >= 15 is 0 Å². The van der Waals surface area contributed by atoms with Gasteiger partial charge in [-0.1, -0.05) is 48.7 Å². The first-order valence-corrected chi connectivity index (χ1v) is 10.7. The minimum Gasteiger partial charge on any atom is -0.444 e. The molecule has 7 heteroatoms. The maximum Gasteiger partial charge on any atom is 0.408 e. The zero-order valence-corrected chi connectivity index (χ0v) is 20.0. The Kier molecular flexibility index (Phi) is 8.47. The number of nitrogens with one attached hydrogen (secondary N) is 2. The molecule has 2 rings (SSSR count). The van der Waals surface area contributed by atoms with Crippen molar-refractivity contribution in [2.75, 3.05) is 5.32 Å². The molecule has 2 atom stereocenters. The number of amides is 3. The van der Waals surface area contributed by atoms with E-state index in [2.05, 4.69) is 22.6 Å². The molecular formula is C27H29N3O4. The lowest BCUT2D eigenvalue weighted by molar-refractivity contribution is -0.136. The van der Waals surface area contributed by atoms with E-state index in [1.54, 1.807) is 57.2 Å². The molecule has 0 spiro atoms. The summed E-state index contributed by atoms with van der Waals surface area (Å²) in [6, 6.07) is 13.9. The first-order valence-electron chi connectivity index (χ1n) is 10.7. The fourth-order valence-electron chi connectivity index (χ4n) is 3.20. The summed E-state index contributed by atoms with van der Waals surface area (Å²) in [5, 5.41) is 5.30. The Labute approximate surface area is 200 Å². The van der Waals surface area contributed by atoms with Gasteiger partial charge in [0.25, 0.3) is 11.8 Å². The van der Waals surface area contributed by atoms with Gasteiger partial charge in [-0.2, -0.15) is 0 Å². The Morgan fingerprint density at radius 2 is 1.65 bits per heavy atom. The van der Waals surface area contributed by atoms with Gasteiger partial charge in [-0.25, -0.2) is 4.79 Å². The van der Waals surface area contributed by atoms with Crippen molar-refractivity contribution in [1.82, 2.24) is 10.2 Å². The molecule has 2 N–H and O–H groups in total. The Morgan fingerprint density at radius 3 is 2.24 bits per heavy atom. The lowest BCUT2D eigenvalue weighted by atomic mass is 9.98. The second-order valence-corrected chi connectivity index (χ2v) is 8.64. The SMILES string of the molecule is C#Cc1ccccc1C(C(=O)Nc1ccccc1C)N(C#C)C(=O)C(C)NC(=O)OC(C)(C)C. The number of para-hydroxylation sites is 1. The average Bonchev–Trinajstić information content (AvgIpc) is 2.77. The quantitative estimate of drug-likeness (QED) is 0.505. The summed E-state index contributed by atoms with van der Waals surface area (Å²) in [6.07, 6.45) is 10.6. The second-order valence-electron chi connectivity index (χ2n) is 8.64. The van der Waals surface area contributed by atoms with Gasteiger partial charge in [0.2, 0.25) is 0 Å². The Hall–Kier alpha value is -4.23. The lowest BCUT2D eigenvalue weighted by Crippen LogP contribution is -2.49. The predicted octanol–water partition coefficient (Wildman–Crippen LogP) is 3.99. The fourth-order valence-corrected chi connectivity index (χ4v) is 3.20. The summed E-state index contributed by atoms with van der Waals surface area (Å²) >= 11 is 0. The highest BCUT2D eigenvalue weighted by molar-refractivity contribution is 6.00. The normalized spacial score (nSPS) is 12.3. The molecule has 0 saturated carbocycles. The molecule has 0 fully saturated rings. The van der Waals surface area contributed by atoms with Crippen LogP contribution in [0.25, 0.3) is 0 Å². The van der Waals surface area contributed by atoms with E-state index in [0.717, 1.165) is 10.5 Å². The number of anilines is 1. The van der Waals surface area contributed by atoms with E-state index in [4.69, 9.17) is 17.6 Å². The number of aryl methyl sites for hydroxylation is 1. The predicted molar refractivity (Wildman–Crippen MR) is 131 cm³/mol. The van der Waals surface area contributed by atoms with Crippen LogP contribution in [0, 0.1) is 31.7 Å². The van der Waals surface area contributed by atoms with Gasteiger partial charge < -0.3 is 15.4 Å². The molecule has 0 aliphatic heterocycles. The summed E-state index contributed by atoms with van der Waals surface area (Å²) in [7, 11) is 0. The summed E-state index contributed by atoms with van der Waals surface area (Å²) < 4.78 is 5.21. The number of nitrogens with zero attached hydrogens (tertiary/aromatic N) is 1. The van der Waals surface area contributed by atoms with Crippen molar-refractivity contribution in [2.45, 2.75) is 52.3 Å². The fraction of sp³-hybridized carbons (Fsp3) is 0.296. The van der Waals surface area contributed by atoms with E-state index in [0.29, 0.717) is 16.8 Å². The molecule has 0 heterocycles. The summed E-state index contributed by atoms with van der Waals surface area (Å²) in [4.78, 5) is 39.9. The first-order chi connectivity index (χ1) is 16.0. The molecule has 0 aromatic heterocycles. The van der Waals surface area contributed by atoms with Gasteiger partial charge in [0.05, 0.1) is 0 Å². The van der Waals surface area contributed by atoms with E-state index in [1.807, 2.05) is 19.1 Å². The molecular weight excluding hydrogens is 430 g/mol. The molecule has 0 saturated heterocycles. The number of hydrogen-bond donors (Lipinski definition) is 2. The number of alkyl carbamates (subject to hydrolysis) is 1. The van der Waals surface area contributed by atoms with Crippen molar-refractivity contribution < 1.29 is 19.1 Å². The number of rotatable bonds is 6. The maximum atomic E-state index is 13.5. The van der Waals surface area contributed by atoms with Crippen LogP contribution in [0.15, 0.2) is 48.5 Å². The van der Waals surface area contributed by atoms with Crippen molar-refractivity contribution in [3.63, 3.8) is 0 Å². The van der Waals surface area contributed by atoms with Crippen LogP contribution in [0.2, 0.25) is 0 Å². The van der Waals surface area contributed by atoms with E-state index < -0.39 is 35.6 Å². The van der Waals surface area contributed by atoms with Crippen LogP contribution in [-0.2, 0) is 14.3 Å². The van der Waals surface area contributed by atoms with Crippen molar-refractivity contribution in [2.24, 2.45) is 0 Å². The third-order valence-corrected chi connectivity index (χ3v) is 4.80. The highest BCUT2D eigenvalue weighted by Crippen LogP contribution is 2.27. The van der Waals surface area contributed by atoms with E-state index in [-0.39, 0.29) is 0 Å². The monoisotopic (exact) mass is 459 g/mol. The molecule has 2 aromatic rings.